The van der Waals surface area contributed by atoms with Crippen molar-refractivity contribution in [3.8, 4) is 0 Å². The molecule has 0 bridgehead atoms. The van der Waals surface area contributed by atoms with Crippen LogP contribution in [0.1, 0.15) is 10.4 Å². The summed E-state index contributed by atoms with van der Waals surface area (Å²) in [4.78, 5) is 1.49. The Kier molecular flexibility index (Phi) is 2.30. The predicted molar refractivity (Wildman–Crippen MR) is 50.2 cm³/mol. The molecular formula is C8H9BrOS. The molecule has 1 nitrogen and oxygen atoms in total. The van der Waals surface area contributed by atoms with Gasteiger partial charge in [0, 0.05) is 11.3 Å². The van der Waals surface area contributed by atoms with Gasteiger partial charge in [0.1, 0.15) is 0 Å². The van der Waals surface area contributed by atoms with E-state index in [1.165, 1.54) is 14.2 Å². The van der Waals surface area contributed by atoms with Crippen molar-refractivity contribution in [1.82, 2.24) is 0 Å². The van der Waals surface area contributed by atoms with Gasteiger partial charge in [-0.05, 0) is 34.0 Å². The largest absolute Gasteiger partial charge is 0.381 e. The van der Waals surface area contributed by atoms with Crippen LogP contribution in [0.2, 0.25) is 0 Å². The van der Waals surface area contributed by atoms with Gasteiger partial charge in [-0.1, -0.05) is 0 Å². The SMILES string of the molecule is Brc1cc2c(s1)CCOCC2. The van der Waals surface area contributed by atoms with E-state index in [1.807, 2.05) is 11.3 Å². The molecule has 0 radical (unpaired) electrons. The van der Waals surface area contributed by atoms with Gasteiger partial charge in [0.15, 0.2) is 0 Å². The van der Waals surface area contributed by atoms with E-state index >= 15 is 0 Å². The van der Waals surface area contributed by atoms with Crippen LogP contribution in [0, 0.1) is 0 Å². The Morgan fingerprint density at radius 1 is 1.36 bits per heavy atom. The summed E-state index contributed by atoms with van der Waals surface area (Å²) in [6, 6.07) is 2.22. The van der Waals surface area contributed by atoms with Crippen molar-refractivity contribution in [2.75, 3.05) is 13.2 Å². The van der Waals surface area contributed by atoms with Gasteiger partial charge in [-0.3, -0.25) is 0 Å². The third kappa shape index (κ3) is 1.66. The van der Waals surface area contributed by atoms with Crippen molar-refractivity contribution in [1.29, 1.82) is 0 Å². The lowest BCUT2D eigenvalue weighted by atomic mass is 10.2. The molecular weight excluding hydrogens is 224 g/mol. The fraction of sp³-hybridized carbons (Fsp3) is 0.500. The minimum absolute atomic E-state index is 0.885. The average molecular weight is 233 g/mol. The molecule has 2 heterocycles. The Balaban J connectivity index is 2.32. The number of thiophene rings is 1. The van der Waals surface area contributed by atoms with Crippen LogP contribution in [0.4, 0.5) is 0 Å². The molecule has 11 heavy (non-hydrogen) atoms. The first kappa shape index (κ1) is 7.77. The zero-order valence-corrected chi connectivity index (χ0v) is 8.50. The smallest absolute Gasteiger partial charge is 0.0704 e. The zero-order valence-electron chi connectivity index (χ0n) is 6.10. The first-order valence-electron chi connectivity index (χ1n) is 3.71. The number of rotatable bonds is 0. The molecule has 0 amide bonds. The van der Waals surface area contributed by atoms with Crippen LogP contribution < -0.4 is 0 Å². The monoisotopic (exact) mass is 232 g/mol. The molecule has 0 saturated carbocycles. The second-order valence-corrected chi connectivity index (χ2v) is 5.13. The van der Waals surface area contributed by atoms with Crippen molar-refractivity contribution in [2.24, 2.45) is 0 Å². The third-order valence-corrected chi connectivity index (χ3v) is 3.60. The van der Waals surface area contributed by atoms with E-state index in [1.54, 1.807) is 0 Å². The molecule has 60 valence electrons. The summed E-state index contributed by atoms with van der Waals surface area (Å²) < 4.78 is 6.62. The minimum atomic E-state index is 0.885. The summed E-state index contributed by atoms with van der Waals surface area (Å²) in [6.45, 7) is 1.77. The molecule has 3 heteroatoms. The van der Waals surface area contributed by atoms with Crippen molar-refractivity contribution in [2.45, 2.75) is 12.8 Å². The first-order valence-corrected chi connectivity index (χ1v) is 5.32. The topological polar surface area (TPSA) is 9.23 Å². The molecule has 0 spiro atoms. The van der Waals surface area contributed by atoms with E-state index in [4.69, 9.17) is 4.74 Å². The molecule has 1 aliphatic heterocycles. The van der Waals surface area contributed by atoms with Gasteiger partial charge < -0.3 is 4.74 Å². The van der Waals surface area contributed by atoms with E-state index < -0.39 is 0 Å². The van der Waals surface area contributed by atoms with Crippen LogP contribution >= 0.6 is 27.3 Å². The highest BCUT2D eigenvalue weighted by Crippen LogP contribution is 2.29. The van der Waals surface area contributed by atoms with Crippen LogP contribution in [0.3, 0.4) is 0 Å². The molecule has 1 aliphatic rings. The molecule has 0 fully saturated rings. The highest BCUT2D eigenvalue weighted by Gasteiger charge is 2.10. The third-order valence-electron chi connectivity index (χ3n) is 1.86. The Morgan fingerprint density at radius 3 is 3.09 bits per heavy atom. The Morgan fingerprint density at radius 2 is 2.18 bits per heavy atom. The zero-order chi connectivity index (χ0) is 7.68. The number of fused-ring (bicyclic) bond motifs is 1. The van der Waals surface area contributed by atoms with Gasteiger partial charge in [0.25, 0.3) is 0 Å². The van der Waals surface area contributed by atoms with Crippen molar-refractivity contribution in [3.05, 3.63) is 20.3 Å². The van der Waals surface area contributed by atoms with Gasteiger partial charge in [-0.25, -0.2) is 0 Å². The fourth-order valence-corrected chi connectivity index (χ4v) is 3.08. The maximum atomic E-state index is 5.37. The van der Waals surface area contributed by atoms with Crippen LogP contribution in [0.15, 0.2) is 9.85 Å². The predicted octanol–water partition coefficient (Wildman–Crippen LogP) is 2.63. The lowest BCUT2D eigenvalue weighted by Crippen LogP contribution is -1.94. The number of hydrogen-bond acceptors (Lipinski definition) is 2. The molecule has 2 rings (SSSR count). The highest BCUT2D eigenvalue weighted by atomic mass is 79.9. The first-order chi connectivity index (χ1) is 5.36. The van der Waals surface area contributed by atoms with Crippen LogP contribution in [0.5, 0.6) is 0 Å². The Bertz CT molecular complexity index is 233. The summed E-state index contributed by atoms with van der Waals surface area (Å²) in [6.07, 6.45) is 2.17. The second-order valence-electron chi connectivity index (χ2n) is 2.61. The highest BCUT2D eigenvalue weighted by molar-refractivity contribution is 9.11. The van der Waals surface area contributed by atoms with Gasteiger partial charge >= 0.3 is 0 Å². The maximum Gasteiger partial charge on any atom is 0.0704 e. The van der Waals surface area contributed by atoms with Crippen LogP contribution in [0.25, 0.3) is 0 Å². The lowest BCUT2D eigenvalue weighted by Gasteiger charge is -1.93. The second kappa shape index (κ2) is 3.25. The lowest BCUT2D eigenvalue weighted by molar-refractivity contribution is 0.146. The normalized spacial score (nSPS) is 17.5. The molecule has 0 aliphatic carbocycles. The molecule has 1 aromatic rings. The van der Waals surface area contributed by atoms with Crippen molar-refractivity contribution in [3.63, 3.8) is 0 Å². The van der Waals surface area contributed by atoms with E-state index in [0.717, 1.165) is 26.1 Å². The summed E-state index contributed by atoms with van der Waals surface area (Å²) in [5, 5.41) is 0. The van der Waals surface area contributed by atoms with Gasteiger partial charge in [-0.15, -0.1) is 11.3 Å². The molecule has 0 N–H and O–H groups in total. The molecule has 0 unspecified atom stereocenters. The van der Waals surface area contributed by atoms with E-state index in [0.29, 0.717) is 0 Å². The maximum absolute atomic E-state index is 5.37. The Labute approximate surface area is 78.5 Å². The van der Waals surface area contributed by atoms with Crippen LogP contribution in [-0.2, 0) is 17.6 Å². The average Bonchev–Trinajstić information content (AvgIpc) is 2.17. The quantitative estimate of drug-likeness (QED) is 0.669. The summed E-state index contributed by atoms with van der Waals surface area (Å²) in [7, 11) is 0. The molecule has 0 atom stereocenters. The number of halogens is 1. The summed E-state index contributed by atoms with van der Waals surface area (Å²) >= 11 is 5.34. The molecule has 0 saturated heterocycles. The van der Waals surface area contributed by atoms with E-state index in [-0.39, 0.29) is 0 Å². The van der Waals surface area contributed by atoms with Gasteiger partial charge in [0.2, 0.25) is 0 Å². The number of hydrogen-bond donors (Lipinski definition) is 0. The van der Waals surface area contributed by atoms with E-state index in [9.17, 15) is 0 Å². The van der Waals surface area contributed by atoms with Crippen molar-refractivity contribution < 1.29 is 4.74 Å². The van der Waals surface area contributed by atoms with Gasteiger partial charge in [-0.2, -0.15) is 0 Å². The molecule has 1 aromatic heterocycles. The standard InChI is InChI=1S/C8H9BrOS/c9-8-5-6-1-3-10-4-2-7(6)11-8/h5H,1-4H2. The summed E-state index contributed by atoms with van der Waals surface area (Å²) in [5.41, 5.74) is 1.47. The van der Waals surface area contributed by atoms with Crippen molar-refractivity contribution >= 4 is 27.3 Å². The Hall–Kier alpha value is 0.140. The molecule has 0 aromatic carbocycles. The van der Waals surface area contributed by atoms with Crippen LogP contribution in [-0.4, -0.2) is 13.2 Å². The fourth-order valence-electron chi connectivity index (χ4n) is 1.30. The van der Waals surface area contributed by atoms with Gasteiger partial charge in [0.05, 0.1) is 17.0 Å². The minimum Gasteiger partial charge on any atom is -0.381 e. The summed E-state index contributed by atoms with van der Waals surface area (Å²) in [5.74, 6) is 0. The number of ether oxygens (including phenoxy) is 1. The van der Waals surface area contributed by atoms with E-state index in [2.05, 4.69) is 22.0 Å².